The zero-order chi connectivity index (χ0) is 15.6. The zero-order valence-electron chi connectivity index (χ0n) is 10.5. The third-order valence-corrected chi connectivity index (χ3v) is 4.62. The summed E-state index contributed by atoms with van der Waals surface area (Å²) in [6.07, 6.45) is 0. The molecular weight excluding hydrogens is 363 g/mol. The van der Waals surface area contributed by atoms with Gasteiger partial charge in [-0.2, -0.15) is 0 Å². The molecule has 0 aliphatic carbocycles. The van der Waals surface area contributed by atoms with Gasteiger partial charge in [0.05, 0.1) is 9.37 Å². The summed E-state index contributed by atoms with van der Waals surface area (Å²) in [4.78, 5) is 10.8. The predicted octanol–water partition coefficient (Wildman–Crippen LogP) is 2.49. The Hall–Kier alpha value is -1.93. The fourth-order valence-electron chi connectivity index (χ4n) is 1.59. The van der Waals surface area contributed by atoms with Gasteiger partial charge in [0, 0.05) is 11.3 Å². The summed E-state index contributed by atoms with van der Waals surface area (Å²) in [7, 11) is -3.96. The number of benzene rings is 2. The summed E-state index contributed by atoms with van der Waals surface area (Å²) < 4.78 is 40.1. The molecule has 0 aliphatic rings. The van der Waals surface area contributed by atoms with Gasteiger partial charge in [0.2, 0.25) is 5.91 Å². The predicted molar refractivity (Wildman–Crippen MR) is 79.9 cm³/mol. The van der Waals surface area contributed by atoms with Crippen molar-refractivity contribution in [1.82, 2.24) is 0 Å². The summed E-state index contributed by atoms with van der Waals surface area (Å²) in [6.45, 7) is 0. The minimum atomic E-state index is -3.96. The van der Waals surface area contributed by atoms with E-state index in [4.69, 9.17) is 5.73 Å². The van der Waals surface area contributed by atoms with Crippen LogP contribution in [0.3, 0.4) is 0 Å². The van der Waals surface area contributed by atoms with Crippen molar-refractivity contribution in [2.24, 2.45) is 5.73 Å². The summed E-state index contributed by atoms with van der Waals surface area (Å²) >= 11 is 2.95. The van der Waals surface area contributed by atoms with Gasteiger partial charge in [0.15, 0.2) is 0 Å². The van der Waals surface area contributed by atoms with Crippen LogP contribution in [-0.2, 0) is 10.0 Å². The molecule has 2 aromatic carbocycles. The number of sulfonamides is 1. The lowest BCUT2D eigenvalue weighted by molar-refractivity contribution is 0.100. The first-order valence-electron chi connectivity index (χ1n) is 5.67. The topological polar surface area (TPSA) is 89.3 Å². The van der Waals surface area contributed by atoms with Crippen molar-refractivity contribution in [1.29, 1.82) is 0 Å². The number of anilines is 1. The molecule has 0 fully saturated rings. The molecule has 3 N–H and O–H groups in total. The molecule has 0 atom stereocenters. The third kappa shape index (κ3) is 3.59. The number of primary amides is 1. The lowest BCUT2D eigenvalue weighted by Gasteiger charge is -2.09. The van der Waals surface area contributed by atoms with Crippen LogP contribution in [0.5, 0.6) is 0 Å². The average Bonchev–Trinajstić information content (AvgIpc) is 2.41. The van der Waals surface area contributed by atoms with Crippen molar-refractivity contribution in [3.63, 3.8) is 0 Å². The first-order valence-corrected chi connectivity index (χ1v) is 7.95. The maximum Gasteiger partial charge on any atom is 0.261 e. The van der Waals surface area contributed by atoms with Gasteiger partial charge in [0.25, 0.3) is 10.0 Å². The molecule has 5 nitrogen and oxygen atoms in total. The van der Waals surface area contributed by atoms with Crippen LogP contribution in [0.2, 0.25) is 0 Å². The largest absolute Gasteiger partial charge is 0.366 e. The molecule has 110 valence electrons. The number of carbonyl (C=O) groups excluding carboxylic acids is 1. The standard InChI is InChI=1S/C13H10BrFN2O3S/c14-11-5-4-10(7-12(11)15)21(19,20)17-9-3-1-2-8(6-9)13(16)18/h1-7,17H,(H2,16,18). The number of hydrogen-bond acceptors (Lipinski definition) is 3. The van der Waals surface area contributed by atoms with E-state index in [2.05, 4.69) is 20.7 Å². The number of rotatable bonds is 4. The molecule has 0 saturated heterocycles. The average molecular weight is 373 g/mol. The Labute approximate surface area is 129 Å². The molecule has 21 heavy (non-hydrogen) atoms. The number of amides is 1. The summed E-state index contributed by atoms with van der Waals surface area (Å²) in [5.74, 6) is -1.37. The van der Waals surface area contributed by atoms with Crippen molar-refractivity contribution >= 4 is 37.5 Å². The van der Waals surface area contributed by atoms with Crippen LogP contribution in [0.15, 0.2) is 51.8 Å². The highest BCUT2D eigenvalue weighted by Gasteiger charge is 2.16. The van der Waals surface area contributed by atoms with Gasteiger partial charge in [-0.3, -0.25) is 9.52 Å². The molecular formula is C13H10BrFN2O3S. The van der Waals surface area contributed by atoms with Crippen LogP contribution >= 0.6 is 15.9 Å². The molecule has 0 radical (unpaired) electrons. The van der Waals surface area contributed by atoms with E-state index in [0.717, 1.165) is 6.07 Å². The second-order valence-electron chi connectivity index (χ2n) is 4.13. The van der Waals surface area contributed by atoms with Crippen LogP contribution in [0, 0.1) is 5.82 Å². The van der Waals surface area contributed by atoms with E-state index in [9.17, 15) is 17.6 Å². The molecule has 0 heterocycles. The Kier molecular flexibility index (Phi) is 4.29. The SMILES string of the molecule is NC(=O)c1cccc(NS(=O)(=O)c2ccc(Br)c(F)c2)c1. The van der Waals surface area contributed by atoms with E-state index in [-0.39, 0.29) is 20.6 Å². The second-order valence-corrected chi connectivity index (χ2v) is 6.66. The number of nitrogens with one attached hydrogen (secondary N) is 1. The monoisotopic (exact) mass is 372 g/mol. The van der Waals surface area contributed by atoms with Gasteiger partial charge in [-0.25, -0.2) is 12.8 Å². The highest BCUT2D eigenvalue weighted by molar-refractivity contribution is 9.10. The van der Waals surface area contributed by atoms with Crippen molar-refractivity contribution in [3.05, 3.63) is 58.3 Å². The molecule has 1 amide bonds. The van der Waals surface area contributed by atoms with Gasteiger partial charge >= 0.3 is 0 Å². The Bertz CT molecular complexity index is 809. The maximum absolute atomic E-state index is 13.4. The van der Waals surface area contributed by atoms with Gasteiger partial charge in [-0.05, 0) is 52.3 Å². The van der Waals surface area contributed by atoms with E-state index in [1.165, 1.54) is 36.4 Å². The first kappa shape index (κ1) is 15.5. The van der Waals surface area contributed by atoms with E-state index >= 15 is 0 Å². The molecule has 0 aromatic heterocycles. The quantitative estimate of drug-likeness (QED) is 0.863. The van der Waals surface area contributed by atoms with Crippen LogP contribution in [0.25, 0.3) is 0 Å². The first-order chi connectivity index (χ1) is 9.79. The van der Waals surface area contributed by atoms with E-state index < -0.39 is 21.7 Å². The van der Waals surface area contributed by atoms with Gasteiger partial charge in [-0.1, -0.05) is 6.07 Å². The minimum absolute atomic E-state index is 0.162. The zero-order valence-corrected chi connectivity index (χ0v) is 12.9. The highest BCUT2D eigenvalue weighted by Crippen LogP contribution is 2.22. The lowest BCUT2D eigenvalue weighted by Crippen LogP contribution is -2.15. The number of halogens is 2. The van der Waals surface area contributed by atoms with Crippen LogP contribution in [0.4, 0.5) is 10.1 Å². The second kappa shape index (κ2) is 5.82. The Morgan fingerprint density at radius 3 is 2.52 bits per heavy atom. The van der Waals surface area contributed by atoms with Gasteiger partial charge in [-0.15, -0.1) is 0 Å². The number of nitrogens with two attached hydrogens (primary N) is 1. The van der Waals surface area contributed by atoms with Crippen LogP contribution in [-0.4, -0.2) is 14.3 Å². The normalized spacial score (nSPS) is 11.1. The molecule has 0 aliphatic heterocycles. The van der Waals surface area contributed by atoms with Crippen LogP contribution < -0.4 is 10.5 Å². The van der Waals surface area contributed by atoms with Crippen molar-refractivity contribution in [2.75, 3.05) is 4.72 Å². The third-order valence-electron chi connectivity index (χ3n) is 2.60. The van der Waals surface area contributed by atoms with E-state index in [0.29, 0.717) is 0 Å². The van der Waals surface area contributed by atoms with Crippen molar-refractivity contribution in [3.8, 4) is 0 Å². The van der Waals surface area contributed by atoms with Gasteiger partial charge < -0.3 is 5.73 Å². The molecule has 0 unspecified atom stereocenters. The number of hydrogen-bond donors (Lipinski definition) is 2. The molecule has 8 heteroatoms. The fraction of sp³-hybridized carbons (Fsp3) is 0. The maximum atomic E-state index is 13.4. The molecule has 2 aromatic rings. The van der Waals surface area contributed by atoms with Crippen LogP contribution in [0.1, 0.15) is 10.4 Å². The minimum Gasteiger partial charge on any atom is -0.366 e. The van der Waals surface area contributed by atoms with Crippen molar-refractivity contribution < 1.29 is 17.6 Å². The smallest absolute Gasteiger partial charge is 0.261 e. The van der Waals surface area contributed by atoms with E-state index in [1.54, 1.807) is 0 Å². The Morgan fingerprint density at radius 1 is 1.19 bits per heavy atom. The Balaban J connectivity index is 2.35. The molecule has 0 spiro atoms. The number of carbonyl (C=O) groups is 1. The lowest BCUT2D eigenvalue weighted by atomic mass is 10.2. The summed E-state index contributed by atoms with van der Waals surface area (Å²) in [5, 5.41) is 0. The molecule has 0 saturated carbocycles. The molecule has 0 bridgehead atoms. The summed E-state index contributed by atoms with van der Waals surface area (Å²) in [6, 6.07) is 9.15. The fourth-order valence-corrected chi connectivity index (χ4v) is 2.90. The van der Waals surface area contributed by atoms with Crippen molar-refractivity contribution in [2.45, 2.75) is 4.90 Å². The van der Waals surface area contributed by atoms with E-state index in [1.807, 2.05) is 0 Å². The van der Waals surface area contributed by atoms with Gasteiger partial charge in [0.1, 0.15) is 5.82 Å². The highest BCUT2D eigenvalue weighted by atomic mass is 79.9. The summed E-state index contributed by atoms with van der Waals surface area (Å²) in [5.41, 5.74) is 5.45. The molecule has 2 rings (SSSR count). The Morgan fingerprint density at radius 2 is 1.90 bits per heavy atom.